The molecule has 0 bridgehead atoms. The fraction of sp³-hybridized carbons (Fsp3) is 0.375. The monoisotopic (exact) mass is 320 g/mol. The molecule has 1 aromatic carbocycles. The van der Waals surface area contributed by atoms with Gasteiger partial charge in [0, 0.05) is 24.8 Å². The standard InChI is InChI=1S/C16H20N4O.ClH/c17-7-5-13-1-3-14(4-2-13)15-6-8-18-16(19-15)20-9-11-21-12-10-20;/h1-4,6,8H,5,7,9-12,17H2;1H. The molecule has 1 saturated heterocycles. The highest BCUT2D eigenvalue weighted by Crippen LogP contribution is 2.20. The first-order valence-corrected chi connectivity index (χ1v) is 7.32. The van der Waals surface area contributed by atoms with E-state index in [1.165, 1.54) is 5.56 Å². The summed E-state index contributed by atoms with van der Waals surface area (Å²) >= 11 is 0. The predicted octanol–water partition coefficient (Wildman–Crippen LogP) is 1.90. The van der Waals surface area contributed by atoms with Crippen molar-refractivity contribution in [3.05, 3.63) is 42.1 Å². The van der Waals surface area contributed by atoms with Gasteiger partial charge in [0.05, 0.1) is 18.9 Å². The van der Waals surface area contributed by atoms with Crippen molar-refractivity contribution >= 4 is 18.4 Å². The van der Waals surface area contributed by atoms with Crippen LogP contribution in [0.15, 0.2) is 36.5 Å². The number of benzene rings is 1. The molecule has 2 N–H and O–H groups in total. The number of hydrogen-bond donors (Lipinski definition) is 1. The molecule has 2 aromatic rings. The Morgan fingerprint density at radius 2 is 1.82 bits per heavy atom. The average Bonchev–Trinajstić information content (AvgIpc) is 2.57. The maximum Gasteiger partial charge on any atom is 0.226 e. The molecule has 1 aromatic heterocycles. The van der Waals surface area contributed by atoms with E-state index in [0.29, 0.717) is 6.54 Å². The molecule has 0 radical (unpaired) electrons. The van der Waals surface area contributed by atoms with Crippen LogP contribution in [0.3, 0.4) is 0 Å². The molecule has 1 aliphatic rings. The third-order valence-electron chi connectivity index (χ3n) is 3.62. The van der Waals surface area contributed by atoms with Gasteiger partial charge < -0.3 is 15.4 Å². The van der Waals surface area contributed by atoms with Crippen LogP contribution in [0.4, 0.5) is 5.95 Å². The minimum atomic E-state index is 0. The number of nitrogens with two attached hydrogens (primary N) is 1. The van der Waals surface area contributed by atoms with E-state index in [0.717, 1.165) is 49.9 Å². The van der Waals surface area contributed by atoms with Crippen molar-refractivity contribution in [2.45, 2.75) is 6.42 Å². The maximum atomic E-state index is 5.58. The molecule has 5 nitrogen and oxygen atoms in total. The zero-order chi connectivity index (χ0) is 14.5. The Bertz CT molecular complexity index is 585. The van der Waals surface area contributed by atoms with Crippen molar-refractivity contribution in [2.24, 2.45) is 5.73 Å². The maximum absolute atomic E-state index is 5.58. The first-order valence-electron chi connectivity index (χ1n) is 7.32. The summed E-state index contributed by atoms with van der Waals surface area (Å²) in [5, 5.41) is 0. The van der Waals surface area contributed by atoms with Gasteiger partial charge >= 0.3 is 0 Å². The largest absolute Gasteiger partial charge is 0.378 e. The van der Waals surface area contributed by atoms with E-state index in [1.807, 2.05) is 12.3 Å². The van der Waals surface area contributed by atoms with Gasteiger partial charge in [-0.25, -0.2) is 9.97 Å². The van der Waals surface area contributed by atoms with Crippen LogP contribution < -0.4 is 10.6 Å². The quantitative estimate of drug-likeness (QED) is 0.932. The number of halogens is 1. The van der Waals surface area contributed by atoms with Crippen LogP contribution >= 0.6 is 12.4 Å². The van der Waals surface area contributed by atoms with Gasteiger partial charge in [0.15, 0.2) is 0 Å². The van der Waals surface area contributed by atoms with Gasteiger partial charge in [0.1, 0.15) is 0 Å². The third-order valence-corrected chi connectivity index (χ3v) is 3.62. The second-order valence-electron chi connectivity index (χ2n) is 5.08. The summed E-state index contributed by atoms with van der Waals surface area (Å²) in [7, 11) is 0. The number of morpholine rings is 1. The van der Waals surface area contributed by atoms with Crippen LogP contribution in [-0.2, 0) is 11.2 Å². The van der Waals surface area contributed by atoms with Crippen LogP contribution in [0.5, 0.6) is 0 Å². The molecule has 0 unspecified atom stereocenters. The van der Waals surface area contributed by atoms with Gasteiger partial charge in [0.2, 0.25) is 5.95 Å². The lowest BCUT2D eigenvalue weighted by molar-refractivity contribution is 0.122. The number of hydrogen-bond acceptors (Lipinski definition) is 5. The third kappa shape index (κ3) is 3.94. The van der Waals surface area contributed by atoms with Crippen molar-refractivity contribution in [1.82, 2.24) is 9.97 Å². The highest BCUT2D eigenvalue weighted by Gasteiger charge is 2.14. The first-order chi connectivity index (χ1) is 10.4. The highest BCUT2D eigenvalue weighted by molar-refractivity contribution is 5.85. The van der Waals surface area contributed by atoms with Crippen LogP contribution in [0.2, 0.25) is 0 Å². The molecule has 0 atom stereocenters. The fourth-order valence-electron chi connectivity index (χ4n) is 2.43. The van der Waals surface area contributed by atoms with Crippen molar-refractivity contribution in [3.63, 3.8) is 0 Å². The molecular weight excluding hydrogens is 300 g/mol. The lowest BCUT2D eigenvalue weighted by Crippen LogP contribution is -2.37. The Morgan fingerprint density at radius 1 is 1.09 bits per heavy atom. The number of ether oxygens (including phenoxy) is 1. The molecule has 0 spiro atoms. The Morgan fingerprint density at radius 3 is 2.50 bits per heavy atom. The molecule has 1 fully saturated rings. The SMILES string of the molecule is Cl.NCCc1ccc(-c2ccnc(N3CCOCC3)n2)cc1. The van der Waals surface area contributed by atoms with Crippen LogP contribution in [0.1, 0.15) is 5.56 Å². The van der Waals surface area contributed by atoms with E-state index < -0.39 is 0 Å². The summed E-state index contributed by atoms with van der Waals surface area (Å²) < 4.78 is 5.36. The Balaban J connectivity index is 0.00000176. The zero-order valence-corrected chi connectivity index (χ0v) is 13.3. The number of anilines is 1. The van der Waals surface area contributed by atoms with Crippen LogP contribution in [-0.4, -0.2) is 42.8 Å². The molecule has 1 aliphatic heterocycles. The molecule has 2 heterocycles. The van der Waals surface area contributed by atoms with Gasteiger partial charge in [-0.2, -0.15) is 0 Å². The normalized spacial score (nSPS) is 14.5. The summed E-state index contributed by atoms with van der Waals surface area (Å²) in [6.45, 7) is 3.84. The predicted molar refractivity (Wildman–Crippen MR) is 90.5 cm³/mol. The van der Waals surface area contributed by atoms with Crippen molar-refractivity contribution in [2.75, 3.05) is 37.7 Å². The molecule has 22 heavy (non-hydrogen) atoms. The van der Waals surface area contributed by atoms with E-state index >= 15 is 0 Å². The number of aromatic nitrogens is 2. The molecule has 0 amide bonds. The van der Waals surface area contributed by atoms with Crippen molar-refractivity contribution in [1.29, 1.82) is 0 Å². The number of nitrogens with zero attached hydrogens (tertiary/aromatic N) is 3. The van der Waals surface area contributed by atoms with E-state index in [9.17, 15) is 0 Å². The minimum absolute atomic E-state index is 0. The topological polar surface area (TPSA) is 64.3 Å². The Kier molecular flexibility index (Phi) is 6.12. The minimum Gasteiger partial charge on any atom is -0.378 e. The average molecular weight is 321 g/mol. The molecule has 118 valence electrons. The van der Waals surface area contributed by atoms with E-state index in [-0.39, 0.29) is 12.4 Å². The molecular formula is C16H21ClN4O. The van der Waals surface area contributed by atoms with Gasteiger partial charge in [0.25, 0.3) is 0 Å². The molecule has 0 saturated carbocycles. The second kappa shape index (κ2) is 8.08. The van der Waals surface area contributed by atoms with Gasteiger partial charge in [-0.05, 0) is 24.6 Å². The fourth-order valence-corrected chi connectivity index (χ4v) is 2.43. The molecule has 6 heteroatoms. The summed E-state index contributed by atoms with van der Waals surface area (Å²) in [6.07, 6.45) is 2.73. The summed E-state index contributed by atoms with van der Waals surface area (Å²) in [6, 6.07) is 10.4. The first kappa shape index (κ1) is 16.7. The Labute approximate surface area is 136 Å². The van der Waals surface area contributed by atoms with E-state index in [1.54, 1.807) is 0 Å². The second-order valence-corrected chi connectivity index (χ2v) is 5.08. The van der Waals surface area contributed by atoms with Crippen LogP contribution in [0, 0.1) is 0 Å². The van der Waals surface area contributed by atoms with Gasteiger partial charge in [-0.3, -0.25) is 0 Å². The van der Waals surface area contributed by atoms with E-state index in [4.69, 9.17) is 10.5 Å². The summed E-state index contributed by atoms with van der Waals surface area (Å²) in [5.41, 5.74) is 8.88. The smallest absolute Gasteiger partial charge is 0.226 e. The molecule has 0 aliphatic carbocycles. The zero-order valence-electron chi connectivity index (χ0n) is 12.4. The van der Waals surface area contributed by atoms with Gasteiger partial charge in [-0.1, -0.05) is 24.3 Å². The van der Waals surface area contributed by atoms with Gasteiger partial charge in [-0.15, -0.1) is 12.4 Å². The Hall–Kier alpha value is -1.69. The lowest BCUT2D eigenvalue weighted by atomic mass is 10.1. The van der Waals surface area contributed by atoms with Crippen LogP contribution in [0.25, 0.3) is 11.3 Å². The summed E-state index contributed by atoms with van der Waals surface area (Å²) in [5.74, 6) is 0.779. The highest BCUT2D eigenvalue weighted by atomic mass is 35.5. The number of rotatable bonds is 4. The lowest BCUT2D eigenvalue weighted by Gasteiger charge is -2.26. The molecule has 3 rings (SSSR count). The van der Waals surface area contributed by atoms with Crippen molar-refractivity contribution < 1.29 is 4.74 Å². The van der Waals surface area contributed by atoms with Crippen molar-refractivity contribution in [3.8, 4) is 11.3 Å². The van der Waals surface area contributed by atoms with E-state index in [2.05, 4.69) is 39.1 Å². The summed E-state index contributed by atoms with van der Waals surface area (Å²) in [4.78, 5) is 11.2.